The Kier molecular flexibility index (Phi) is 12.3. The van der Waals surface area contributed by atoms with Gasteiger partial charge in [0.05, 0.1) is 18.2 Å². The van der Waals surface area contributed by atoms with Crippen LogP contribution in [0.2, 0.25) is 0 Å². The lowest BCUT2D eigenvalue weighted by Gasteiger charge is -2.13. The molecule has 2 aromatic rings. The SMILES string of the molecule is CC.CCC.CCC(C)C(=O)OCC1CCC(c2cc(Nc3ccc4c(c3F)CS(=S)C4)n[nH]2)C1. The maximum atomic E-state index is 14.8. The van der Waals surface area contributed by atoms with Crippen LogP contribution in [-0.2, 0) is 41.7 Å². The molecule has 35 heavy (non-hydrogen) atoms. The highest BCUT2D eigenvalue weighted by molar-refractivity contribution is 8.28. The van der Waals surface area contributed by atoms with Crippen LogP contribution in [0, 0.1) is 17.7 Å². The first-order valence-electron chi connectivity index (χ1n) is 13.0. The van der Waals surface area contributed by atoms with E-state index in [9.17, 15) is 9.18 Å². The molecule has 1 aromatic heterocycles. The average molecular weight is 524 g/mol. The van der Waals surface area contributed by atoms with Gasteiger partial charge in [-0.1, -0.05) is 65.2 Å². The van der Waals surface area contributed by atoms with Crippen LogP contribution in [0.15, 0.2) is 18.2 Å². The van der Waals surface area contributed by atoms with E-state index in [4.69, 9.17) is 15.9 Å². The number of H-pyrrole nitrogens is 1. The molecule has 1 aliphatic heterocycles. The van der Waals surface area contributed by atoms with E-state index in [2.05, 4.69) is 29.4 Å². The van der Waals surface area contributed by atoms with Gasteiger partial charge < -0.3 is 10.1 Å². The Morgan fingerprint density at radius 2 is 2.00 bits per heavy atom. The van der Waals surface area contributed by atoms with E-state index in [1.807, 2.05) is 39.8 Å². The number of nitrogens with one attached hydrogen (secondary N) is 2. The first-order valence-corrected chi connectivity index (χ1v) is 15.5. The second-order valence-corrected chi connectivity index (χ2v) is 12.0. The van der Waals surface area contributed by atoms with Gasteiger partial charge in [0.25, 0.3) is 0 Å². The zero-order valence-corrected chi connectivity index (χ0v) is 23.7. The number of anilines is 2. The first-order chi connectivity index (χ1) is 16.9. The molecule has 1 saturated carbocycles. The molecule has 2 N–H and O–H groups in total. The molecule has 1 aromatic carbocycles. The van der Waals surface area contributed by atoms with Crippen LogP contribution in [0.3, 0.4) is 0 Å². The van der Waals surface area contributed by atoms with Crippen molar-refractivity contribution in [3.63, 3.8) is 0 Å². The molecule has 1 fully saturated rings. The van der Waals surface area contributed by atoms with E-state index in [0.717, 1.165) is 48.3 Å². The fourth-order valence-corrected chi connectivity index (χ4v) is 6.29. The molecule has 0 bridgehead atoms. The average Bonchev–Trinajstić information content (AvgIpc) is 3.60. The number of aromatic amines is 1. The molecule has 2 heterocycles. The van der Waals surface area contributed by atoms with Crippen LogP contribution in [0.25, 0.3) is 0 Å². The summed E-state index contributed by atoms with van der Waals surface area (Å²) in [5, 5.41) is 10.5. The highest BCUT2D eigenvalue weighted by Gasteiger charge is 2.29. The lowest BCUT2D eigenvalue weighted by atomic mass is 10.0. The highest BCUT2D eigenvalue weighted by atomic mass is 32.8. The molecule has 0 saturated heterocycles. The number of carbonyl (C=O) groups excluding carboxylic acids is 1. The van der Waals surface area contributed by atoms with Gasteiger partial charge in [-0.2, -0.15) is 5.10 Å². The Morgan fingerprint density at radius 3 is 2.69 bits per heavy atom. The lowest BCUT2D eigenvalue weighted by molar-refractivity contribution is -0.149. The van der Waals surface area contributed by atoms with Gasteiger partial charge in [0.1, 0.15) is 0 Å². The number of halogens is 1. The molecule has 0 spiro atoms. The van der Waals surface area contributed by atoms with Crippen molar-refractivity contribution in [2.24, 2.45) is 11.8 Å². The number of ether oxygens (including phenoxy) is 1. The summed E-state index contributed by atoms with van der Waals surface area (Å²) < 4.78 is 20.3. The van der Waals surface area contributed by atoms with Crippen molar-refractivity contribution in [2.45, 2.75) is 91.1 Å². The molecular weight excluding hydrogens is 481 g/mol. The second kappa shape index (κ2) is 14.7. The number of benzene rings is 1. The van der Waals surface area contributed by atoms with Gasteiger partial charge in [-0.25, -0.2) is 4.39 Å². The lowest BCUT2D eigenvalue weighted by Crippen LogP contribution is -2.18. The van der Waals surface area contributed by atoms with E-state index in [0.29, 0.717) is 35.7 Å². The molecule has 5 nitrogen and oxygen atoms in total. The second-order valence-electron chi connectivity index (χ2n) is 9.15. The smallest absolute Gasteiger partial charge is 0.308 e. The third-order valence-electron chi connectivity index (χ3n) is 6.28. The number of rotatable bonds is 7. The van der Waals surface area contributed by atoms with Crippen LogP contribution >= 0.6 is 0 Å². The molecule has 4 rings (SSSR count). The van der Waals surface area contributed by atoms with E-state index >= 15 is 0 Å². The van der Waals surface area contributed by atoms with Crippen molar-refractivity contribution >= 4 is 38.1 Å². The van der Waals surface area contributed by atoms with Gasteiger partial charge in [-0.05, 0) is 43.2 Å². The summed E-state index contributed by atoms with van der Waals surface area (Å²) in [5.41, 5.74) is 3.27. The van der Waals surface area contributed by atoms with Crippen LogP contribution < -0.4 is 5.32 Å². The number of fused-ring (bicyclic) bond motifs is 1. The molecular formula is C27H42FN3O2S2. The van der Waals surface area contributed by atoms with E-state index in [-0.39, 0.29) is 27.2 Å². The van der Waals surface area contributed by atoms with Gasteiger partial charge >= 0.3 is 5.97 Å². The van der Waals surface area contributed by atoms with Crippen molar-refractivity contribution < 1.29 is 13.9 Å². The number of hydrogen-bond acceptors (Lipinski definition) is 5. The maximum Gasteiger partial charge on any atom is 0.308 e. The van der Waals surface area contributed by atoms with Crippen molar-refractivity contribution in [3.8, 4) is 0 Å². The summed E-state index contributed by atoms with van der Waals surface area (Å²) in [6, 6.07) is 5.70. The summed E-state index contributed by atoms with van der Waals surface area (Å²) in [6.07, 6.45) is 5.07. The number of carbonyl (C=O) groups is 1. The summed E-state index contributed by atoms with van der Waals surface area (Å²) in [7, 11) is -0.181. The summed E-state index contributed by atoms with van der Waals surface area (Å²) >= 11 is 5.36. The van der Waals surface area contributed by atoms with Crippen molar-refractivity contribution in [1.82, 2.24) is 10.2 Å². The molecule has 0 radical (unpaired) electrons. The van der Waals surface area contributed by atoms with Crippen molar-refractivity contribution in [3.05, 3.63) is 40.8 Å². The first kappa shape index (κ1) is 29.4. The zero-order valence-electron chi connectivity index (χ0n) is 22.1. The Balaban J connectivity index is 0.000000803. The van der Waals surface area contributed by atoms with Gasteiger partial charge in [0.2, 0.25) is 0 Å². The van der Waals surface area contributed by atoms with Crippen molar-refractivity contribution in [2.75, 3.05) is 11.9 Å². The Hall–Kier alpha value is -1.80. The maximum absolute atomic E-state index is 14.8. The molecule has 196 valence electrons. The highest BCUT2D eigenvalue weighted by Crippen LogP contribution is 2.39. The Morgan fingerprint density at radius 1 is 1.29 bits per heavy atom. The predicted octanol–water partition coefficient (Wildman–Crippen LogP) is 7.30. The number of aromatic nitrogens is 2. The summed E-state index contributed by atoms with van der Waals surface area (Å²) in [6.45, 7) is 12.6. The molecule has 4 atom stereocenters. The van der Waals surface area contributed by atoms with E-state index < -0.39 is 0 Å². The topological polar surface area (TPSA) is 67.0 Å². The zero-order chi connectivity index (χ0) is 26.0. The van der Waals surface area contributed by atoms with Crippen LogP contribution in [0.5, 0.6) is 0 Å². The Bertz CT molecular complexity index is 979. The van der Waals surface area contributed by atoms with E-state index in [1.165, 1.54) is 6.42 Å². The number of esters is 1. The molecule has 8 heteroatoms. The van der Waals surface area contributed by atoms with Crippen molar-refractivity contribution in [1.29, 1.82) is 0 Å². The summed E-state index contributed by atoms with van der Waals surface area (Å²) in [4.78, 5) is 11.9. The van der Waals surface area contributed by atoms with Crippen LogP contribution in [0.1, 0.15) is 96.4 Å². The predicted molar refractivity (Wildman–Crippen MR) is 148 cm³/mol. The van der Waals surface area contributed by atoms with E-state index in [1.54, 1.807) is 6.07 Å². The standard InChI is InChI=1S/C22H28FN3O2S2.C3H8.C2H6/c1-3-13(2)22(27)28-10-14-4-5-15(8-14)19-9-20(26-25-19)24-18-7-6-16-11-30(29)12-17(16)21(18)23;1-3-2;1-2/h6-7,9,13-15H,3-5,8,10-12H2,1-2H3,(H2,24,25,26);3H2,1-2H3;1-2H3. The third kappa shape index (κ3) is 8.10. The van der Waals surface area contributed by atoms with Gasteiger partial charge in [-0.15, -0.1) is 9.45 Å². The summed E-state index contributed by atoms with van der Waals surface area (Å²) in [5.74, 6) is 2.43. The fraction of sp³-hybridized carbons (Fsp3) is 0.630. The largest absolute Gasteiger partial charge is 0.465 e. The van der Waals surface area contributed by atoms with Crippen LogP contribution in [0.4, 0.5) is 15.9 Å². The Labute approximate surface area is 217 Å². The number of hydrogen-bond donors (Lipinski definition) is 2. The van der Waals surface area contributed by atoms with Crippen LogP contribution in [-0.4, -0.2) is 22.8 Å². The molecule has 0 amide bonds. The normalized spacial score (nSPS) is 21.2. The van der Waals surface area contributed by atoms with Gasteiger partial charge in [-0.3, -0.25) is 9.89 Å². The third-order valence-corrected chi connectivity index (χ3v) is 8.23. The minimum Gasteiger partial charge on any atom is -0.465 e. The quantitative estimate of drug-likeness (QED) is 0.373. The number of nitrogens with zero attached hydrogens (tertiary/aromatic N) is 1. The molecule has 4 unspecified atom stereocenters. The molecule has 1 aliphatic carbocycles. The monoisotopic (exact) mass is 523 g/mol. The van der Waals surface area contributed by atoms with Gasteiger partial charge in [0, 0.05) is 34.7 Å². The molecule has 2 aliphatic rings. The minimum atomic E-state index is -0.207. The minimum absolute atomic E-state index is 0.0412. The van der Waals surface area contributed by atoms with Gasteiger partial charge in [0.15, 0.2) is 11.6 Å². The fourth-order valence-electron chi connectivity index (χ4n) is 4.20.